The van der Waals surface area contributed by atoms with Crippen LogP contribution in [0.25, 0.3) is 0 Å². The van der Waals surface area contributed by atoms with Gasteiger partial charge in [-0.3, -0.25) is 14.5 Å². The van der Waals surface area contributed by atoms with Crippen molar-refractivity contribution in [2.45, 2.75) is 19.9 Å². The van der Waals surface area contributed by atoms with E-state index in [1.807, 2.05) is 6.92 Å². The van der Waals surface area contributed by atoms with Gasteiger partial charge in [0.05, 0.1) is 13.2 Å². The molecule has 0 saturated carbocycles. The second-order valence-electron chi connectivity index (χ2n) is 3.48. The molecular weight excluding hydrogens is 248 g/mol. The van der Waals surface area contributed by atoms with E-state index in [9.17, 15) is 9.59 Å². The molecule has 1 unspecified atom stereocenters. The predicted octanol–water partition coefficient (Wildman–Crippen LogP) is -0.0342. The van der Waals surface area contributed by atoms with Crippen LogP contribution in [0.15, 0.2) is 0 Å². The van der Waals surface area contributed by atoms with E-state index in [0.717, 1.165) is 0 Å². The number of amides is 1. The van der Waals surface area contributed by atoms with E-state index in [2.05, 4.69) is 5.32 Å². The van der Waals surface area contributed by atoms with Crippen molar-refractivity contribution in [2.75, 3.05) is 33.4 Å². The average molecular weight is 269 g/mol. The first kappa shape index (κ1) is 18.5. The lowest BCUT2D eigenvalue weighted by molar-refractivity contribution is -0.142. The number of hydrogen-bond acceptors (Lipinski definition) is 4. The van der Waals surface area contributed by atoms with Gasteiger partial charge >= 0.3 is 5.97 Å². The summed E-state index contributed by atoms with van der Waals surface area (Å²) in [5.41, 5.74) is 0. The average Bonchev–Trinajstić information content (AvgIpc) is 2.23. The molecular formula is C10H21ClN2O4. The number of aliphatic carboxylic acids is 1. The number of carboxylic acids is 1. The number of nitrogens with zero attached hydrogens (tertiary/aromatic N) is 1. The molecule has 0 aliphatic heterocycles. The van der Waals surface area contributed by atoms with Gasteiger partial charge < -0.3 is 15.2 Å². The van der Waals surface area contributed by atoms with E-state index >= 15 is 0 Å². The van der Waals surface area contributed by atoms with Gasteiger partial charge in [-0.2, -0.15) is 0 Å². The summed E-state index contributed by atoms with van der Waals surface area (Å²) in [6.45, 7) is 5.02. The van der Waals surface area contributed by atoms with Crippen LogP contribution < -0.4 is 5.32 Å². The molecule has 102 valence electrons. The van der Waals surface area contributed by atoms with E-state index in [-0.39, 0.29) is 24.9 Å². The Bertz CT molecular complexity index is 238. The van der Waals surface area contributed by atoms with Gasteiger partial charge in [-0.1, -0.05) is 0 Å². The second kappa shape index (κ2) is 10.3. The van der Waals surface area contributed by atoms with Gasteiger partial charge in [-0.05, 0) is 20.9 Å². The van der Waals surface area contributed by atoms with Crippen molar-refractivity contribution in [3.05, 3.63) is 0 Å². The zero-order valence-electron chi connectivity index (χ0n) is 10.4. The number of rotatable bonds is 8. The van der Waals surface area contributed by atoms with Crippen LogP contribution in [0.4, 0.5) is 0 Å². The third-order valence-corrected chi connectivity index (χ3v) is 2.18. The molecule has 7 heteroatoms. The molecule has 0 spiro atoms. The maximum atomic E-state index is 11.3. The molecule has 2 N–H and O–H groups in total. The van der Waals surface area contributed by atoms with Crippen molar-refractivity contribution in [2.24, 2.45) is 0 Å². The zero-order valence-corrected chi connectivity index (χ0v) is 11.2. The molecule has 0 aliphatic rings. The minimum Gasteiger partial charge on any atom is -0.480 e. The normalized spacial score (nSPS) is 11.8. The molecule has 1 atom stereocenters. The highest BCUT2D eigenvalue weighted by molar-refractivity contribution is 5.85. The molecule has 0 aromatic carbocycles. The Labute approximate surface area is 108 Å². The van der Waals surface area contributed by atoms with Crippen molar-refractivity contribution >= 4 is 24.3 Å². The molecule has 0 saturated heterocycles. The fourth-order valence-electron chi connectivity index (χ4n) is 1.01. The van der Waals surface area contributed by atoms with Gasteiger partial charge in [0, 0.05) is 13.2 Å². The Hall–Kier alpha value is -0.850. The second-order valence-corrected chi connectivity index (χ2v) is 3.48. The van der Waals surface area contributed by atoms with Crippen LogP contribution in [-0.2, 0) is 14.3 Å². The van der Waals surface area contributed by atoms with Crippen LogP contribution in [0, 0.1) is 0 Å². The lowest BCUT2D eigenvalue weighted by Crippen LogP contribution is -2.43. The highest BCUT2D eigenvalue weighted by Crippen LogP contribution is 1.94. The number of nitrogens with one attached hydrogen (secondary N) is 1. The standard InChI is InChI=1S/C10H20N2O4.ClH/c1-4-16-6-5-11-9(13)7-12(3)8(2)10(14)15;/h8H,4-7H2,1-3H3,(H,11,13)(H,14,15);1H. The Balaban J connectivity index is 0. The lowest BCUT2D eigenvalue weighted by atomic mass is 10.3. The molecule has 0 aliphatic carbocycles. The lowest BCUT2D eigenvalue weighted by Gasteiger charge is -2.20. The van der Waals surface area contributed by atoms with Crippen molar-refractivity contribution in [1.29, 1.82) is 0 Å². The molecule has 6 nitrogen and oxygen atoms in total. The Morgan fingerprint density at radius 3 is 2.53 bits per heavy atom. The summed E-state index contributed by atoms with van der Waals surface area (Å²) in [6.07, 6.45) is 0. The summed E-state index contributed by atoms with van der Waals surface area (Å²) in [6, 6.07) is -0.669. The number of carboxylic acid groups (broad SMARTS) is 1. The molecule has 0 radical (unpaired) electrons. The molecule has 0 bridgehead atoms. The van der Waals surface area contributed by atoms with Crippen molar-refractivity contribution in [3.63, 3.8) is 0 Å². The molecule has 0 rings (SSSR count). The molecule has 17 heavy (non-hydrogen) atoms. The molecule has 1 amide bonds. The third kappa shape index (κ3) is 8.91. The first-order valence-electron chi connectivity index (χ1n) is 5.26. The van der Waals surface area contributed by atoms with Gasteiger partial charge in [-0.15, -0.1) is 12.4 Å². The first-order chi connectivity index (χ1) is 7.49. The van der Waals surface area contributed by atoms with Crippen LogP contribution in [0.5, 0.6) is 0 Å². The highest BCUT2D eigenvalue weighted by atomic mass is 35.5. The van der Waals surface area contributed by atoms with Crippen molar-refractivity contribution in [3.8, 4) is 0 Å². The van der Waals surface area contributed by atoms with E-state index in [4.69, 9.17) is 9.84 Å². The summed E-state index contributed by atoms with van der Waals surface area (Å²) < 4.78 is 5.05. The number of carbonyl (C=O) groups excluding carboxylic acids is 1. The van der Waals surface area contributed by atoms with Gasteiger partial charge in [0.25, 0.3) is 0 Å². The molecule has 0 aromatic heterocycles. The fourth-order valence-corrected chi connectivity index (χ4v) is 1.01. The van der Waals surface area contributed by atoms with Gasteiger partial charge in [-0.25, -0.2) is 0 Å². The Kier molecular flexibility index (Phi) is 11.2. The number of hydrogen-bond donors (Lipinski definition) is 2. The molecule has 0 fully saturated rings. The first-order valence-corrected chi connectivity index (χ1v) is 5.26. The van der Waals surface area contributed by atoms with E-state index < -0.39 is 12.0 Å². The molecule has 0 heterocycles. The van der Waals surface area contributed by atoms with Crippen molar-refractivity contribution < 1.29 is 19.4 Å². The Morgan fingerprint density at radius 1 is 1.47 bits per heavy atom. The highest BCUT2D eigenvalue weighted by Gasteiger charge is 2.18. The monoisotopic (exact) mass is 268 g/mol. The summed E-state index contributed by atoms with van der Waals surface area (Å²) >= 11 is 0. The minimum absolute atomic E-state index is 0. The fraction of sp³-hybridized carbons (Fsp3) is 0.800. The summed E-state index contributed by atoms with van der Waals surface area (Å²) in [5.74, 6) is -1.14. The minimum atomic E-state index is -0.940. The smallest absolute Gasteiger partial charge is 0.320 e. The van der Waals surface area contributed by atoms with Crippen molar-refractivity contribution in [1.82, 2.24) is 10.2 Å². The Morgan fingerprint density at radius 2 is 2.06 bits per heavy atom. The maximum Gasteiger partial charge on any atom is 0.320 e. The van der Waals surface area contributed by atoms with Crippen LogP contribution in [-0.4, -0.2) is 61.3 Å². The van der Waals surface area contributed by atoms with E-state index in [1.165, 1.54) is 11.8 Å². The van der Waals surface area contributed by atoms with Gasteiger partial charge in [0.1, 0.15) is 6.04 Å². The predicted molar refractivity (Wildman–Crippen MR) is 66.5 cm³/mol. The summed E-state index contributed by atoms with van der Waals surface area (Å²) in [7, 11) is 1.60. The number of carbonyl (C=O) groups is 2. The largest absolute Gasteiger partial charge is 0.480 e. The topological polar surface area (TPSA) is 78.9 Å². The summed E-state index contributed by atoms with van der Waals surface area (Å²) in [5, 5.41) is 11.4. The number of halogens is 1. The quantitative estimate of drug-likeness (QED) is 0.604. The van der Waals surface area contributed by atoms with Gasteiger partial charge in [0.15, 0.2) is 0 Å². The van der Waals surface area contributed by atoms with E-state index in [1.54, 1.807) is 7.05 Å². The van der Waals surface area contributed by atoms with Crippen LogP contribution in [0.1, 0.15) is 13.8 Å². The molecule has 0 aromatic rings. The van der Waals surface area contributed by atoms with E-state index in [0.29, 0.717) is 19.8 Å². The van der Waals surface area contributed by atoms with Crippen LogP contribution in [0.3, 0.4) is 0 Å². The summed E-state index contributed by atoms with van der Waals surface area (Å²) in [4.78, 5) is 23.4. The van der Waals surface area contributed by atoms with Crippen LogP contribution >= 0.6 is 12.4 Å². The maximum absolute atomic E-state index is 11.3. The third-order valence-electron chi connectivity index (χ3n) is 2.18. The number of likely N-dealkylation sites (N-methyl/N-ethyl adjacent to an activating group) is 1. The SMILES string of the molecule is CCOCCNC(=O)CN(C)C(C)C(=O)O.Cl. The number of ether oxygens (including phenoxy) is 1. The zero-order chi connectivity index (χ0) is 12.6. The van der Waals surface area contributed by atoms with Gasteiger partial charge in [0.2, 0.25) is 5.91 Å². The van der Waals surface area contributed by atoms with Crippen LogP contribution in [0.2, 0.25) is 0 Å².